The molecule has 0 radical (unpaired) electrons. The van der Waals surface area contributed by atoms with Gasteiger partial charge in [-0.3, -0.25) is 19.4 Å². The van der Waals surface area contributed by atoms with Gasteiger partial charge in [-0.15, -0.1) is 11.3 Å². The van der Waals surface area contributed by atoms with Crippen LogP contribution in [0.25, 0.3) is 10.2 Å². The Labute approximate surface area is 161 Å². The van der Waals surface area contributed by atoms with Gasteiger partial charge >= 0.3 is 11.8 Å². The summed E-state index contributed by atoms with van der Waals surface area (Å²) < 4.78 is 8.10. The second-order valence-corrected chi connectivity index (χ2v) is 7.82. The van der Waals surface area contributed by atoms with Gasteiger partial charge in [-0.05, 0) is 38.7 Å². The molecule has 3 rings (SSSR count). The number of ether oxygens (including phenoxy) is 1. The summed E-state index contributed by atoms with van der Waals surface area (Å²) in [5.74, 6) is 0. The minimum absolute atomic E-state index is 0.0348. The van der Waals surface area contributed by atoms with Crippen molar-refractivity contribution in [3.8, 4) is 0 Å². The van der Waals surface area contributed by atoms with Gasteiger partial charge < -0.3 is 4.74 Å². The molecule has 1 saturated carbocycles. The first kappa shape index (κ1) is 19.6. The average molecular weight is 394 g/mol. The minimum Gasteiger partial charge on any atom is -0.449 e. The number of nitrogens with one attached hydrogen (secondary N) is 2. The summed E-state index contributed by atoms with van der Waals surface area (Å²) in [6, 6.07) is 0.0348. The summed E-state index contributed by atoms with van der Waals surface area (Å²) in [6.45, 7) is 7.07. The SMILES string of the molecule is CCCCOC(=O)NNCc1sc2c(c1C)c(=O)n(C1CC1)c(=O)n2CC. The average Bonchev–Trinajstić information content (AvgIpc) is 3.40. The monoisotopic (exact) mass is 394 g/mol. The molecule has 8 nitrogen and oxygen atoms in total. The van der Waals surface area contributed by atoms with Gasteiger partial charge in [0, 0.05) is 24.0 Å². The number of hydrazine groups is 1. The first-order valence-electron chi connectivity index (χ1n) is 9.42. The number of carbonyl (C=O) groups is 1. The highest BCUT2D eigenvalue weighted by Gasteiger charge is 2.30. The maximum Gasteiger partial charge on any atom is 0.421 e. The highest BCUT2D eigenvalue weighted by molar-refractivity contribution is 7.18. The van der Waals surface area contributed by atoms with Gasteiger partial charge in [0.05, 0.1) is 12.0 Å². The zero-order chi connectivity index (χ0) is 19.6. The Hall–Kier alpha value is -2.13. The van der Waals surface area contributed by atoms with Crippen molar-refractivity contribution in [2.24, 2.45) is 0 Å². The van der Waals surface area contributed by atoms with Gasteiger partial charge in [0.25, 0.3) is 5.56 Å². The number of amides is 1. The number of hydrogen-bond donors (Lipinski definition) is 2. The zero-order valence-electron chi connectivity index (χ0n) is 16.0. The van der Waals surface area contributed by atoms with Crippen LogP contribution in [0.15, 0.2) is 9.59 Å². The Balaban J connectivity index is 1.83. The molecule has 1 aliphatic rings. The van der Waals surface area contributed by atoms with Crippen LogP contribution in [0, 0.1) is 6.92 Å². The van der Waals surface area contributed by atoms with E-state index < -0.39 is 6.09 Å². The molecular formula is C18H26N4O4S. The molecule has 2 heterocycles. The molecule has 148 valence electrons. The molecule has 1 amide bonds. The molecule has 0 spiro atoms. The highest BCUT2D eigenvalue weighted by Crippen LogP contribution is 2.34. The fourth-order valence-electron chi connectivity index (χ4n) is 3.05. The predicted molar refractivity (Wildman–Crippen MR) is 105 cm³/mol. The van der Waals surface area contributed by atoms with Gasteiger partial charge in [-0.25, -0.2) is 15.0 Å². The van der Waals surface area contributed by atoms with Crippen molar-refractivity contribution in [1.82, 2.24) is 20.0 Å². The van der Waals surface area contributed by atoms with Crippen molar-refractivity contribution in [1.29, 1.82) is 0 Å². The first-order valence-corrected chi connectivity index (χ1v) is 10.2. The van der Waals surface area contributed by atoms with E-state index in [1.165, 1.54) is 15.9 Å². The Morgan fingerprint density at radius 1 is 1.30 bits per heavy atom. The standard InChI is InChI=1S/C18H26N4O4S/c1-4-6-9-26-17(24)20-19-10-13-11(3)14-15(23)22(12-7-8-12)18(25)21(5-2)16(14)27-13/h12,19H,4-10H2,1-3H3,(H,20,24). The lowest BCUT2D eigenvalue weighted by Gasteiger charge is -2.09. The van der Waals surface area contributed by atoms with Crippen molar-refractivity contribution in [3.05, 3.63) is 31.3 Å². The largest absolute Gasteiger partial charge is 0.449 e. The maximum absolute atomic E-state index is 12.9. The van der Waals surface area contributed by atoms with E-state index in [1.54, 1.807) is 4.57 Å². The molecule has 2 aromatic rings. The Bertz CT molecular complexity index is 955. The first-order chi connectivity index (χ1) is 13.0. The number of fused-ring (bicyclic) bond motifs is 1. The summed E-state index contributed by atoms with van der Waals surface area (Å²) in [5, 5.41) is 0.607. The van der Waals surface area contributed by atoms with Gasteiger partial charge in [0.1, 0.15) is 4.83 Å². The van der Waals surface area contributed by atoms with Crippen LogP contribution >= 0.6 is 11.3 Å². The Morgan fingerprint density at radius 3 is 2.67 bits per heavy atom. The number of aromatic nitrogens is 2. The smallest absolute Gasteiger partial charge is 0.421 e. The lowest BCUT2D eigenvalue weighted by atomic mass is 10.2. The van der Waals surface area contributed by atoms with Crippen LogP contribution in [-0.4, -0.2) is 21.8 Å². The van der Waals surface area contributed by atoms with Gasteiger partial charge in [-0.2, -0.15) is 0 Å². The summed E-state index contributed by atoms with van der Waals surface area (Å²) in [4.78, 5) is 38.8. The van der Waals surface area contributed by atoms with E-state index in [9.17, 15) is 14.4 Å². The zero-order valence-corrected chi connectivity index (χ0v) is 16.8. The second kappa shape index (κ2) is 8.26. The third-order valence-electron chi connectivity index (χ3n) is 4.74. The lowest BCUT2D eigenvalue weighted by molar-refractivity contribution is 0.139. The molecule has 0 saturated heterocycles. The van der Waals surface area contributed by atoms with E-state index in [1.807, 2.05) is 20.8 Å². The van der Waals surface area contributed by atoms with Crippen LogP contribution in [0.4, 0.5) is 4.79 Å². The van der Waals surface area contributed by atoms with E-state index >= 15 is 0 Å². The van der Waals surface area contributed by atoms with Crippen molar-refractivity contribution in [2.75, 3.05) is 6.61 Å². The molecule has 1 fully saturated rings. The Morgan fingerprint density at radius 2 is 2.04 bits per heavy atom. The molecule has 2 N–H and O–H groups in total. The number of thiophene rings is 1. The second-order valence-electron chi connectivity index (χ2n) is 6.73. The van der Waals surface area contributed by atoms with E-state index in [0.29, 0.717) is 29.9 Å². The molecule has 0 aliphatic heterocycles. The molecule has 0 atom stereocenters. The summed E-state index contributed by atoms with van der Waals surface area (Å²) in [5.41, 5.74) is 5.77. The minimum atomic E-state index is -0.524. The van der Waals surface area contributed by atoms with Crippen molar-refractivity contribution in [3.63, 3.8) is 0 Å². The van der Waals surface area contributed by atoms with Crippen molar-refractivity contribution >= 4 is 27.6 Å². The van der Waals surface area contributed by atoms with Crippen LogP contribution in [0.1, 0.15) is 56.0 Å². The van der Waals surface area contributed by atoms with Crippen molar-refractivity contribution in [2.45, 2.75) is 65.6 Å². The summed E-state index contributed by atoms with van der Waals surface area (Å²) in [6.07, 6.45) is 3.02. The van der Waals surface area contributed by atoms with E-state index in [0.717, 1.165) is 36.1 Å². The number of aryl methyl sites for hydroxylation is 2. The molecule has 0 aromatic carbocycles. The lowest BCUT2D eigenvalue weighted by Crippen LogP contribution is -2.39. The number of carbonyl (C=O) groups excluding carboxylic acids is 1. The van der Waals surface area contributed by atoms with Crippen LogP contribution in [0.5, 0.6) is 0 Å². The van der Waals surface area contributed by atoms with Crippen LogP contribution in [-0.2, 0) is 17.8 Å². The summed E-state index contributed by atoms with van der Waals surface area (Å²) >= 11 is 1.41. The maximum atomic E-state index is 12.9. The van der Waals surface area contributed by atoms with E-state index in [4.69, 9.17) is 4.74 Å². The van der Waals surface area contributed by atoms with E-state index in [2.05, 4.69) is 10.9 Å². The molecule has 1 aliphatic carbocycles. The van der Waals surface area contributed by atoms with Crippen LogP contribution in [0.2, 0.25) is 0 Å². The predicted octanol–water partition coefficient (Wildman–Crippen LogP) is 2.42. The molecule has 2 aromatic heterocycles. The number of hydrogen-bond acceptors (Lipinski definition) is 6. The molecule has 27 heavy (non-hydrogen) atoms. The molecule has 0 unspecified atom stereocenters. The summed E-state index contributed by atoms with van der Waals surface area (Å²) in [7, 11) is 0. The van der Waals surface area contributed by atoms with Gasteiger partial charge in [-0.1, -0.05) is 13.3 Å². The normalized spacial score (nSPS) is 13.9. The fraction of sp³-hybridized carbons (Fsp3) is 0.611. The molecular weight excluding hydrogens is 368 g/mol. The number of rotatable bonds is 8. The topological polar surface area (TPSA) is 94.4 Å². The third-order valence-corrected chi connectivity index (χ3v) is 6.06. The molecule has 0 bridgehead atoms. The van der Waals surface area contributed by atoms with Crippen molar-refractivity contribution < 1.29 is 9.53 Å². The number of nitrogens with zero attached hydrogens (tertiary/aromatic N) is 2. The third kappa shape index (κ3) is 3.93. The fourth-order valence-corrected chi connectivity index (χ4v) is 4.35. The number of unbranched alkanes of at least 4 members (excludes halogenated alkanes) is 1. The highest BCUT2D eigenvalue weighted by atomic mass is 32.1. The van der Waals surface area contributed by atoms with Crippen LogP contribution < -0.4 is 22.1 Å². The van der Waals surface area contributed by atoms with E-state index in [-0.39, 0.29) is 17.3 Å². The van der Waals surface area contributed by atoms with Crippen LogP contribution in [0.3, 0.4) is 0 Å². The van der Waals surface area contributed by atoms with Gasteiger partial charge in [0.2, 0.25) is 0 Å². The molecule has 9 heteroatoms. The Kier molecular flexibility index (Phi) is 6.01. The van der Waals surface area contributed by atoms with Gasteiger partial charge in [0.15, 0.2) is 0 Å². The quantitative estimate of drug-likeness (QED) is 0.530.